The molecule has 124 valence electrons. The number of hydrogen-bond donors (Lipinski definition) is 3. The molecule has 6 heteroatoms. The summed E-state index contributed by atoms with van der Waals surface area (Å²) in [5.74, 6) is -1.32. The Morgan fingerprint density at radius 1 is 1.13 bits per heavy atom. The molecule has 0 radical (unpaired) electrons. The van der Waals surface area contributed by atoms with Crippen molar-refractivity contribution in [2.24, 2.45) is 0 Å². The van der Waals surface area contributed by atoms with Crippen molar-refractivity contribution >= 4 is 11.8 Å². The monoisotopic (exact) mass is 320 g/mol. The van der Waals surface area contributed by atoms with E-state index in [1.807, 2.05) is 0 Å². The number of allylic oxidation sites excluding steroid dienone is 1. The maximum Gasteiger partial charge on any atom is 0.342 e. The lowest BCUT2D eigenvalue weighted by molar-refractivity contribution is -0.128. The first-order valence-corrected chi connectivity index (χ1v) is 7.54. The van der Waals surface area contributed by atoms with E-state index in [1.54, 1.807) is 18.2 Å². The highest BCUT2D eigenvalue weighted by atomic mass is 16.5. The van der Waals surface area contributed by atoms with E-state index in [1.165, 1.54) is 18.2 Å². The minimum Gasteiger partial charge on any atom is -0.507 e. The van der Waals surface area contributed by atoms with Crippen molar-refractivity contribution in [2.75, 3.05) is 0 Å². The van der Waals surface area contributed by atoms with Gasteiger partial charge in [-0.1, -0.05) is 18.2 Å². The number of aliphatic hydroxyl groups excluding tert-OH is 2. The zero-order chi connectivity index (χ0) is 16.8. The van der Waals surface area contributed by atoms with E-state index in [4.69, 9.17) is 4.74 Å². The minimum absolute atomic E-state index is 0.0795. The molecule has 1 aromatic carbocycles. The Labute approximate surface area is 134 Å². The van der Waals surface area contributed by atoms with E-state index >= 15 is 0 Å². The summed E-state index contributed by atoms with van der Waals surface area (Å²) in [5, 5.41) is 29.1. The summed E-state index contributed by atoms with van der Waals surface area (Å²) in [4.78, 5) is 23.6. The van der Waals surface area contributed by atoms with Crippen LogP contribution in [0.3, 0.4) is 0 Å². The highest BCUT2D eigenvalue weighted by Gasteiger charge is 2.26. The molecule has 0 spiro atoms. The molecule has 0 saturated heterocycles. The van der Waals surface area contributed by atoms with Gasteiger partial charge in [-0.25, -0.2) is 4.79 Å². The summed E-state index contributed by atoms with van der Waals surface area (Å²) >= 11 is 0. The molecule has 0 bridgehead atoms. The first kappa shape index (κ1) is 17.2. The quantitative estimate of drug-likeness (QED) is 0.710. The van der Waals surface area contributed by atoms with Gasteiger partial charge in [-0.05, 0) is 43.9 Å². The summed E-state index contributed by atoms with van der Waals surface area (Å²) in [6, 6.07) is 6.10. The molecule has 0 saturated carbocycles. The van der Waals surface area contributed by atoms with E-state index in [0.717, 1.165) is 0 Å². The molecule has 1 aliphatic rings. The first-order valence-electron chi connectivity index (χ1n) is 7.54. The predicted molar refractivity (Wildman–Crippen MR) is 81.9 cm³/mol. The van der Waals surface area contributed by atoms with Crippen LogP contribution in [0.1, 0.15) is 36.0 Å². The van der Waals surface area contributed by atoms with Crippen LogP contribution in [0.15, 0.2) is 36.4 Å². The third-order valence-electron chi connectivity index (χ3n) is 3.78. The minimum atomic E-state index is -1.46. The van der Waals surface area contributed by atoms with E-state index in [0.29, 0.717) is 19.3 Å². The van der Waals surface area contributed by atoms with Gasteiger partial charge in [-0.3, -0.25) is 4.79 Å². The number of benzene rings is 1. The Bertz CT molecular complexity index is 595. The maximum absolute atomic E-state index is 12.1. The Hall–Kier alpha value is -2.18. The molecule has 0 heterocycles. The fraction of sp³-hybridized carbons (Fsp3) is 0.412. The van der Waals surface area contributed by atoms with Crippen molar-refractivity contribution in [3.05, 3.63) is 42.0 Å². The maximum atomic E-state index is 12.1. The van der Waals surface area contributed by atoms with Gasteiger partial charge in [0.1, 0.15) is 23.5 Å². The second-order valence-electron chi connectivity index (χ2n) is 5.52. The molecule has 6 nitrogen and oxygen atoms in total. The van der Waals surface area contributed by atoms with Crippen LogP contribution >= 0.6 is 0 Å². The van der Waals surface area contributed by atoms with Crippen LogP contribution < -0.4 is 0 Å². The Balaban J connectivity index is 2.04. The average Bonchev–Trinajstić information content (AvgIpc) is 2.54. The van der Waals surface area contributed by atoms with E-state index in [2.05, 4.69) is 0 Å². The number of aromatic hydroxyl groups is 1. The Morgan fingerprint density at radius 3 is 2.61 bits per heavy atom. The molecule has 3 N–H and O–H groups in total. The van der Waals surface area contributed by atoms with E-state index in [-0.39, 0.29) is 17.7 Å². The second kappa shape index (κ2) is 7.89. The molecule has 2 rings (SSSR count). The average molecular weight is 320 g/mol. The van der Waals surface area contributed by atoms with Crippen molar-refractivity contribution in [3.8, 4) is 5.75 Å². The van der Waals surface area contributed by atoms with Crippen molar-refractivity contribution < 1.29 is 29.6 Å². The van der Waals surface area contributed by atoms with E-state index in [9.17, 15) is 24.9 Å². The standard InChI is InChI=1S/C17H20O6/c18-13-7-4-2-6-12(13)17(22)23-11-5-1-3-8-14(19)16(21)15(20)10-9-11/h2-4,6-8,11,15-16,18,20-21H,1,5,9-10H2/b8-3-. The molecular weight excluding hydrogens is 300 g/mol. The number of rotatable bonds is 2. The molecule has 0 fully saturated rings. The molecule has 0 amide bonds. The Kier molecular flexibility index (Phi) is 5.90. The topological polar surface area (TPSA) is 104 Å². The van der Waals surface area contributed by atoms with Crippen molar-refractivity contribution in [1.82, 2.24) is 0 Å². The third kappa shape index (κ3) is 4.64. The summed E-state index contributed by atoms with van der Waals surface area (Å²) in [7, 11) is 0. The van der Waals surface area contributed by atoms with Crippen molar-refractivity contribution in [1.29, 1.82) is 0 Å². The van der Waals surface area contributed by atoms with Crippen LogP contribution in [0.2, 0.25) is 0 Å². The van der Waals surface area contributed by atoms with Gasteiger partial charge in [0.25, 0.3) is 0 Å². The van der Waals surface area contributed by atoms with Crippen LogP contribution in [-0.4, -0.2) is 45.4 Å². The smallest absolute Gasteiger partial charge is 0.342 e. The summed E-state index contributed by atoms with van der Waals surface area (Å²) in [6.07, 6.45) is 1.15. The number of phenolic OH excluding ortho intramolecular Hbond substituents is 1. The van der Waals surface area contributed by atoms with Gasteiger partial charge in [-0.2, -0.15) is 0 Å². The fourth-order valence-electron chi connectivity index (χ4n) is 2.41. The molecule has 3 atom stereocenters. The number of carbonyl (C=O) groups excluding carboxylic acids is 2. The van der Waals surface area contributed by atoms with Gasteiger partial charge in [0.05, 0.1) is 6.10 Å². The molecule has 3 unspecified atom stereocenters. The van der Waals surface area contributed by atoms with Gasteiger partial charge in [0.15, 0.2) is 5.78 Å². The van der Waals surface area contributed by atoms with Crippen LogP contribution in [0.25, 0.3) is 0 Å². The number of esters is 1. The molecule has 0 aliphatic heterocycles. The summed E-state index contributed by atoms with van der Waals surface area (Å²) < 4.78 is 5.39. The SMILES string of the molecule is O=C(OC1CC/C=C\C(=O)C(O)C(O)CC1)c1ccccc1O. The van der Waals surface area contributed by atoms with Crippen LogP contribution in [0, 0.1) is 0 Å². The lowest BCUT2D eigenvalue weighted by Gasteiger charge is -2.22. The molecular formula is C17H20O6. The molecule has 1 aliphatic carbocycles. The summed E-state index contributed by atoms with van der Waals surface area (Å²) in [6.45, 7) is 0. The third-order valence-corrected chi connectivity index (χ3v) is 3.78. The second-order valence-corrected chi connectivity index (χ2v) is 5.52. The fourth-order valence-corrected chi connectivity index (χ4v) is 2.41. The highest BCUT2D eigenvalue weighted by Crippen LogP contribution is 2.21. The van der Waals surface area contributed by atoms with Gasteiger partial charge >= 0.3 is 5.97 Å². The van der Waals surface area contributed by atoms with Crippen LogP contribution in [-0.2, 0) is 9.53 Å². The van der Waals surface area contributed by atoms with Gasteiger partial charge in [0, 0.05) is 0 Å². The van der Waals surface area contributed by atoms with Gasteiger partial charge in [0.2, 0.25) is 0 Å². The largest absolute Gasteiger partial charge is 0.507 e. The van der Waals surface area contributed by atoms with E-state index < -0.39 is 30.1 Å². The zero-order valence-corrected chi connectivity index (χ0v) is 12.6. The number of phenols is 1. The molecule has 23 heavy (non-hydrogen) atoms. The van der Waals surface area contributed by atoms with Crippen LogP contribution in [0.4, 0.5) is 0 Å². The van der Waals surface area contributed by atoms with Crippen molar-refractivity contribution in [2.45, 2.75) is 44.0 Å². The Morgan fingerprint density at radius 2 is 1.87 bits per heavy atom. The first-order chi connectivity index (χ1) is 11.0. The zero-order valence-electron chi connectivity index (χ0n) is 12.6. The summed E-state index contributed by atoms with van der Waals surface area (Å²) in [5.41, 5.74) is 0.0795. The molecule has 0 aromatic heterocycles. The van der Waals surface area contributed by atoms with Crippen molar-refractivity contribution in [3.63, 3.8) is 0 Å². The lowest BCUT2D eigenvalue weighted by atomic mass is 9.98. The number of ether oxygens (including phenoxy) is 1. The number of carbonyl (C=O) groups is 2. The van der Waals surface area contributed by atoms with Gasteiger partial charge < -0.3 is 20.1 Å². The van der Waals surface area contributed by atoms with Crippen LogP contribution in [0.5, 0.6) is 5.75 Å². The lowest BCUT2D eigenvalue weighted by Crippen LogP contribution is -2.34. The predicted octanol–water partition coefficient (Wildman–Crippen LogP) is 1.34. The number of para-hydroxylation sites is 1. The number of ketones is 1. The highest BCUT2D eigenvalue weighted by molar-refractivity contribution is 5.94. The number of aliphatic hydroxyl groups is 2. The normalized spacial score (nSPS) is 27.2. The number of hydrogen-bond acceptors (Lipinski definition) is 6. The van der Waals surface area contributed by atoms with Gasteiger partial charge in [-0.15, -0.1) is 0 Å². The molecule has 1 aromatic rings.